The van der Waals surface area contributed by atoms with E-state index in [9.17, 15) is 13.2 Å². The molecule has 1 aliphatic rings. The first-order valence-corrected chi connectivity index (χ1v) is 11.7. The van der Waals surface area contributed by atoms with Crippen LogP contribution in [0.4, 0.5) is 5.69 Å². The van der Waals surface area contributed by atoms with E-state index in [1.807, 2.05) is 31.2 Å². The van der Waals surface area contributed by atoms with Crippen LogP contribution in [0.1, 0.15) is 38.2 Å². The molecule has 1 saturated heterocycles. The Morgan fingerprint density at radius 2 is 1.63 bits per heavy atom. The van der Waals surface area contributed by atoms with Gasteiger partial charge in [-0.3, -0.25) is 4.79 Å². The Morgan fingerprint density at radius 1 is 1.00 bits per heavy atom. The minimum absolute atomic E-state index is 0.257. The van der Waals surface area contributed by atoms with Gasteiger partial charge in [0.1, 0.15) is 5.75 Å². The number of benzene rings is 2. The van der Waals surface area contributed by atoms with Gasteiger partial charge >= 0.3 is 0 Å². The minimum atomic E-state index is -3.49. The lowest BCUT2D eigenvalue weighted by atomic mass is 10.2. The predicted octanol–water partition coefficient (Wildman–Crippen LogP) is 4.30. The Kier molecular flexibility index (Phi) is 7.65. The zero-order chi connectivity index (χ0) is 21.4. The first kappa shape index (κ1) is 22.1. The summed E-state index contributed by atoms with van der Waals surface area (Å²) in [4.78, 5) is 12.4. The molecule has 1 heterocycles. The smallest absolute Gasteiger partial charge is 0.248 e. The second-order valence-electron chi connectivity index (χ2n) is 7.17. The van der Waals surface area contributed by atoms with Gasteiger partial charge in [-0.1, -0.05) is 25.0 Å². The van der Waals surface area contributed by atoms with Gasteiger partial charge in [-0.2, -0.15) is 4.31 Å². The van der Waals surface area contributed by atoms with E-state index in [2.05, 4.69) is 5.32 Å². The molecule has 0 bridgehead atoms. The summed E-state index contributed by atoms with van der Waals surface area (Å²) in [5, 5.41) is 2.75. The molecule has 3 rings (SSSR count). The summed E-state index contributed by atoms with van der Waals surface area (Å²) < 4.78 is 32.6. The molecule has 0 aliphatic carbocycles. The molecule has 0 spiro atoms. The van der Waals surface area contributed by atoms with Gasteiger partial charge in [0.15, 0.2) is 0 Å². The van der Waals surface area contributed by atoms with Crippen molar-refractivity contribution in [2.75, 3.05) is 25.0 Å². The SMILES string of the molecule is CCOc1ccc(/C=C/C(=O)Nc2ccc(S(=O)(=O)N3CCCCCC3)cc2)cc1. The number of sulfonamides is 1. The normalized spacial score (nSPS) is 15.6. The molecule has 0 aromatic heterocycles. The number of carbonyl (C=O) groups is 1. The molecule has 160 valence electrons. The molecule has 0 saturated carbocycles. The molecule has 6 nitrogen and oxygen atoms in total. The summed E-state index contributed by atoms with van der Waals surface area (Å²) >= 11 is 0. The van der Waals surface area contributed by atoms with Gasteiger partial charge < -0.3 is 10.1 Å². The third kappa shape index (κ3) is 5.93. The fourth-order valence-electron chi connectivity index (χ4n) is 3.34. The Bertz CT molecular complexity index is 959. The molecular weight excluding hydrogens is 400 g/mol. The fraction of sp³-hybridized carbons (Fsp3) is 0.348. The zero-order valence-corrected chi connectivity index (χ0v) is 18.0. The van der Waals surface area contributed by atoms with Gasteiger partial charge in [0.25, 0.3) is 0 Å². The van der Waals surface area contributed by atoms with Crippen LogP contribution in [0.25, 0.3) is 6.08 Å². The molecule has 7 heteroatoms. The van der Waals surface area contributed by atoms with Crippen molar-refractivity contribution >= 4 is 27.7 Å². The topological polar surface area (TPSA) is 75.7 Å². The van der Waals surface area contributed by atoms with Crippen LogP contribution in [0.5, 0.6) is 5.75 Å². The average molecular weight is 429 g/mol. The van der Waals surface area contributed by atoms with E-state index >= 15 is 0 Å². The van der Waals surface area contributed by atoms with E-state index in [1.165, 1.54) is 6.08 Å². The lowest BCUT2D eigenvalue weighted by Gasteiger charge is -2.20. The number of hydrogen-bond acceptors (Lipinski definition) is 4. The Morgan fingerprint density at radius 3 is 2.23 bits per heavy atom. The first-order valence-electron chi connectivity index (χ1n) is 10.3. The number of ether oxygens (including phenoxy) is 1. The van der Waals surface area contributed by atoms with Crippen molar-refractivity contribution in [3.63, 3.8) is 0 Å². The first-order chi connectivity index (χ1) is 14.5. The Labute approximate surface area is 178 Å². The van der Waals surface area contributed by atoms with Gasteiger partial charge in [-0.15, -0.1) is 0 Å². The van der Waals surface area contributed by atoms with Crippen LogP contribution >= 0.6 is 0 Å². The summed E-state index contributed by atoms with van der Waals surface area (Å²) in [5.41, 5.74) is 1.43. The van der Waals surface area contributed by atoms with Gasteiger partial charge in [0.05, 0.1) is 11.5 Å². The van der Waals surface area contributed by atoms with Gasteiger partial charge in [-0.25, -0.2) is 8.42 Å². The molecule has 1 N–H and O–H groups in total. The van der Waals surface area contributed by atoms with Crippen LogP contribution in [0, 0.1) is 0 Å². The van der Waals surface area contributed by atoms with Crippen LogP contribution < -0.4 is 10.1 Å². The number of amides is 1. The van der Waals surface area contributed by atoms with Crippen LogP contribution in [-0.2, 0) is 14.8 Å². The number of rotatable bonds is 7. The summed E-state index contributed by atoms with van der Waals surface area (Å²) in [5.74, 6) is 0.501. The number of carbonyl (C=O) groups excluding carboxylic acids is 1. The third-order valence-electron chi connectivity index (χ3n) is 4.94. The molecule has 30 heavy (non-hydrogen) atoms. The average Bonchev–Trinajstić information content (AvgIpc) is 3.04. The molecule has 1 aliphatic heterocycles. The summed E-state index contributed by atoms with van der Waals surface area (Å²) in [6.07, 6.45) is 7.09. The summed E-state index contributed by atoms with van der Waals surface area (Å²) in [6.45, 7) is 3.67. The highest BCUT2D eigenvalue weighted by Crippen LogP contribution is 2.22. The maximum Gasteiger partial charge on any atom is 0.248 e. The van der Waals surface area contributed by atoms with Crippen molar-refractivity contribution < 1.29 is 17.9 Å². The number of hydrogen-bond donors (Lipinski definition) is 1. The molecule has 0 unspecified atom stereocenters. The number of anilines is 1. The van der Waals surface area contributed by atoms with E-state index in [0.717, 1.165) is 37.0 Å². The monoisotopic (exact) mass is 428 g/mol. The Hall–Kier alpha value is -2.64. The maximum absolute atomic E-state index is 12.8. The van der Waals surface area contributed by atoms with Crippen molar-refractivity contribution in [2.45, 2.75) is 37.5 Å². The second kappa shape index (κ2) is 10.4. The second-order valence-corrected chi connectivity index (χ2v) is 9.11. The van der Waals surface area contributed by atoms with Crippen molar-refractivity contribution in [1.29, 1.82) is 0 Å². The van der Waals surface area contributed by atoms with E-state index in [0.29, 0.717) is 25.4 Å². The standard InChI is InChI=1S/C23H28N2O4S/c1-2-29-21-12-7-19(8-13-21)9-16-23(26)24-20-10-14-22(15-11-20)30(27,28)25-17-5-3-4-6-18-25/h7-16H,2-6,17-18H2,1H3,(H,24,26)/b16-9+. The highest BCUT2D eigenvalue weighted by molar-refractivity contribution is 7.89. The molecule has 2 aromatic carbocycles. The molecule has 2 aromatic rings. The molecule has 0 radical (unpaired) electrons. The van der Waals surface area contributed by atoms with Crippen LogP contribution in [0.15, 0.2) is 59.5 Å². The minimum Gasteiger partial charge on any atom is -0.494 e. The molecule has 0 atom stereocenters. The van der Waals surface area contributed by atoms with Crippen molar-refractivity contribution in [3.05, 3.63) is 60.2 Å². The molecule has 1 fully saturated rings. The van der Waals surface area contributed by atoms with E-state index in [1.54, 1.807) is 34.6 Å². The fourth-order valence-corrected chi connectivity index (χ4v) is 4.86. The van der Waals surface area contributed by atoms with E-state index < -0.39 is 10.0 Å². The largest absolute Gasteiger partial charge is 0.494 e. The van der Waals surface area contributed by atoms with Gasteiger partial charge in [0, 0.05) is 24.9 Å². The highest BCUT2D eigenvalue weighted by Gasteiger charge is 2.24. The van der Waals surface area contributed by atoms with Crippen molar-refractivity contribution in [1.82, 2.24) is 4.31 Å². The predicted molar refractivity (Wildman–Crippen MR) is 119 cm³/mol. The van der Waals surface area contributed by atoms with Gasteiger partial charge in [0.2, 0.25) is 15.9 Å². The lowest BCUT2D eigenvalue weighted by Crippen LogP contribution is -2.31. The van der Waals surface area contributed by atoms with Crippen LogP contribution in [-0.4, -0.2) is 38.3 Å². The number of nitrogens with one attached hydrogen (secondary N) is 1. The number of nitrogens with zero attached hydrogens (tertiary/aromatic N) is 1. The van der Waals surface area contributed by atoms with Gasteiger partial charge in [-0.05, 0) is 67.8 Å². The van der Waals surface area contributed by atoms with E-state index in [-0.39, 0.29) is 10.8 Å². The lowest BCUT2D eigenvalue weighted by molar-refractivity contribution is -0.111. The highest BCUT2D eigenvalue weighted by atomic mass is 32.2. The molecule has 1 amide bonds. The maximum atomic E-state index is 12.8. The third-order valence-corrected chi connectivity index (χ3v) is 6.86. The summed E-state index contributed by atoms with van der Waals surface area (Å²) in [6, 6.07) is 13.8. The quantitative estimate of drug-likeness (QED) is 0.667. The van der Waals surface area contributed by atoms with Crippen molar-refractivity contribution in [3.8, 4) is 5.75 Å². The Balaban J connectivity index is 1.60. The van der Waals surface area contributed by atoms with Crippen molar-refractivity contribution in [2.24, 2.45) is 0 Å². The zero-order valence-electron chi connectivity index (χ0n) is 17.2. The summed E-state index contributed by atoms with van der Waals surface area (Å²) in [7, 11) is -3.49. The molecular formula is C23H28N2O4S. The van der Waals surface area contributed by atoms with Crippen LogP contribution in [0.3, 0.4) is 0 Å². The van der Waals surface area contributed by atoms with Crippen LogP contribution in [0.2, 0.25) is 0 Å². The van der Waals surface area contributed by atoms with E-state index in [4.69, 9.17) is 4.74 Å².